The maximum atomic E-state index is 4.99. The third-order valence-electron chi connectivity index (χ3n) is 5.07. The molecule has 0 saturated heterocycles. The highest BCUT2D eigenvalue weighted by atomic mass is 15.1. The van der Waals surface area contributed by atoms with Crippen molar-refractivity contribution in [2.24, 2.45) is 0 Å². The van der Waals surface area contributed by atoms with Gasteiger partial charge < -0.3 is 4.90 Å². The van der Waals surface area contributed by atoms with Gasteiger partial charge in [-0.3, -0.25) is 4.98 Å². The van der Waals surface area contributed by atoms with Crippen LogP contribution in [0.1, 0.15) is 22.7 Å². The van der Waals surface area contributed by atoms with Crippen LogP contribution in [0.2, 0.25) is 0 Å². The van der Waals surface area contributed by atoms with E-state index in [1.165, 1.54) is 22.2 Å². The molecule has 0 amide bonds. The molecule has 0 aliphatic heterocycles. The maximum Gasteiger partial charge on any atom is 0.0705 e. The van der Waals surface area contributed by atoms with Gasteiger partial charge in [0.05, 0.1) is 5.52 Å². The molecule has 27 heavy (non-hydrogen) atoms. The number of hydrogen-bond donors (Lipinski definition) is 0. The molecule has 0 saturated carbocycles. The lowest BCUT2D eigenvalue weighted by Crippen LogP contribution is -2.09. The van der Waals surface area contributed by atoms with Crippen LogP contribution in [-0.4, -0.2) is 19.1 Å². The SMILES string of the molecule is CN(C)c1ccc(CC(c2ccccc2)c2ccc3ccccc3n2)cc1. The van der Waals surface area contributed by atoms with Crippen molar-refractivity contribution < 1.29 is 0 Å². The summed E-state index contributed by atoms with van der Waals surface area (Å²) in [5, 5.41) is 1.18. The van der Waals surface area contributed by atoms with Crippen LogP contribution < -0.4 is 4.90 Å². The van der Waals surface area contributed by atoms with E-state index in [-0.39, 0.29) is 5.92 Å². The van der Waals surface area contributed by atoms with Crippen LogP contribution in [0.25, 0.3) is 10.9 Å². The Morgan fingerprint density at radius 2 is 1.44 bits per heavy atom. The second kappa shape index (κ2) is 7.63. The molecule has 2 heteroatoms. The second-order valence-electron chi connectivity index (χ2n) is 7.16. The minimum atomic E-state index is 0.237. The summed E-state index contributed by atoms with van der Waals surface area (Å²) in [5.41, 5.74) is 6.02. The number of aromatic nitrogens is 1. The molecule has 134 valence electrons. The lowest BCUT2D eigenvalue weighted by molar-refractivity contribution is 0.778. The van der Waals surface area contributed by atoms with Gasteiger partial charge in [0.15, 0.2) is 0 Å². The molecule has 0 spiro atoms. The fraction of sp³-hybridized carbons (Fsp3) is 0.160. The van der Waals surface area contributed by atoms with Gasteiger partial charge >= 0.3 is 0 Å². The molecule has 2 nitrogen and oxygen atoms in total. The predicted molar refractivity (Wildman–Crippen MR) is 115 cm³/mol. The van der Waals surface area contributed by atoms with E-state index in [1.807, 2.05) is 0 Å². The highest BCUT2D eigenvalue weighted by Crippen LogP contribution is 2.29. The number of benzene rings is 3. The molecule has 4 aromatic rings. The summed E-state index contributed by atoms with van der Waals surface area (Å²) in [6.45, 7) is 0. The van der Waals surface area contributed by atoms with Crippen LogP contribution in [0.4, 0.5) is 5.69 Å². The molecule has 0 fully saturated rings. The molecule has 4 rings (SSSR count). The fourth-order valence-corrected chi connectivity index (χ4v) is 3.52. The van der Waals surface area contributed by atoms with Crippen LogP contribution in [-0.2, 0) is 6.42 Å². The number of hydrogen-bond acceptors (Lipinski definition) is 2. The summed E-state index contributed by atoms with van der Waals surface area (Å²) >= 11 is 0. The van der Waals surface area contributed by atoms with Crippen LogP contribution in [0, 0.1) is 0 Å². The van der Waals surface area contributed by atoms with Crippen LogP contribution >= 0.6 is 0 Å². The lowest BCUT2D eigenvalue weighted by Gasteiger charge is -2.19. The van der Waals surface area contributed by atoms with Gasteiger partial charge in [0.1, 0.15) is 0 Å². The topological polar surface area (TPSA) is 16.1 Å². The van der Waals surface area contributed by atoms with Gasteiger partial charge in [0, 0.05) is 36.8 Å². The zero-order valence-electron chi connectivity index (χ0n) is 15.8. The Morgan fingerprint density at radius 1 is 0.741 bits per heavy atom. The van der Waals surface area contributed by atoms with E-state index in [9.17, 15) is 0 Å². The highest BCUT2D eigenvalue weighted by Gasteiger charge is 2.17. The van der Waals surface area contributed by atoms with E-state index in [0.29, 0.717) is 0 Å². The number of fused-ring (bicyclic) bond motifs is 1. The van der Waals surface area contributed by atoms with Crippen LogP contribution in [0.15, 0.2) is 91.0 Å². The lowest BCUT2D eigenvalue weighted by atomic mass is 9.88. The first-order valence-electron chi connectivity index (χ1n) is 9.37. The van der Waals surface area contributed by atoms with E-state index in [0.717, 1.165) is 17.6 Å². The first kappa shape index (κ1) is 17.3. The van der Waals surface area contributed by atoms with E-state index in [1.54, 1.807) is 0 Å². The van der Waals surface area contributed by atoms with Crippen LogP contribution in [0.5, 0.6) is 0 Å². The van der Waals surface area contributed by atoms with Crippen molar-refractivity contribution >= 4 is 16.6 Å². The Labute approximate surface area is 161 Å². The van der Waals surface area contributed by atoms with Gasteiger partial charge in [-0.15, -0.1) is 0 Å². The number of para-hydroxylation sites is 1. The Hall–Kier alpha value is -3.13. The van der Waals surface area contributed by atoms with Gasteiger partial charge in [-0.2, -0.15) is 0 Å². The van der Waals surface area contributed by atoms with Gasteiger partial charge in [-0.05, 0) is 41.8 Å². The van der Waals surface area contributed by atoms with Gasteiger partial charge in [0.25, 0.3) is 0 Å². The van der Waals surface area contributed by atoms with Crippen LogP contribution in [0.3, 0.4) is 0 Å². The van der Waals surface area contributed by atoms with Crippen molar-refractivity contribution in [1.82, 2.24) is 4.98 Å². The van der Waals surface area contributed by atoms with Crippen molar-refractivity contribution in [3.63, 3.8) is 0 Å². The molecule has 1 aromatic heterocycles. The van der Waals surface area contributed by atoms with Crippen molar-refractivity contribution in [3.8, 4) is 0 Å². The average Bonchev–Trinajstić information content (AvgIpc) is 2.72. The summed E-state index contributed by atoms with van der Waals surface area (Å²) in [5.74, 6) is 0.237. The smallest absolute Gasteiger partial charge is 0.0705 e. The summed E-state index contributed by atoms with van der Waals surface area (Å²) in [6, 6.07) is 32.2. The van der Waals surface area contributed by atoms with E-state index in [4.69, 9.17) is 4.98 Å². The summed E-state index contributed by atoms with van der Waals surface area (Å²) < 4.78 is 0. The molecule has 0 aliphatic rings. The third kappa shape index (κ3) is 3.85. The highest BCUT2D eigenvalue weighted by molar-refractivity contribution is 5.78. The molecule has 3 aromatic carbocycles. The van der Waals surface area contributed by atoms with Gasteiger partial charge in [-0.1, -0.05) is 66.7 Å². The quantitative estimate of drug-likeness (QED) is 0.460. The largest absolute Gasteiger partial charge is 0.378 e. The summed E-state index contributed by atoms with van der Waals surface area (Å²) in [6.07, 6.45) is 0.934. The molecular weight excluding hydrogens is 328 g/mol. The summed E-state index contributed by atoms with van der Waals surface area (Å²) in [4.78, 5) is 7.11. The number of nitrogens with zero attached hydrogens (tertiary/aromatic N) is 2. The second-order valence-corrected chi connectivity index (χ2v) is 7.16. The molecule has 0 aliphatic carbocycles. The van der Waals surface area contributed by atoms with Crippen molar-refractivity contribution in [2.45, 2.75) is 12.3 Å². The fourth-order valence-electron chi connectivity index (χ4n) is 3.52. The molecule has 1 heterocycles. The Balaban J connectivity index is 1.72. The molecular formula is C25H24N2. The molecule has 0 bridgehead atoms. The predicted octanol–water partition coefficient (Wildman–Crippen LogP) is 5.68. The normalized spacial score (nSPS) is 12.1. The molecule has 0 radical (unpaired) electrons. The zero-order valence-corrected chi connectivity index (χ0v) is 15.8. The number of rotatable bonds is 5. The number of pyridine rings is 1. The minimum Gasteiger partial charge on any atom is -0.378 e. The van der Waals surface area contributed by atoms with Crippen molar-refractivity contribution in [3.05, 3.63) is 108 Å². The van der Waals surface area contributed by atoms with Gasteiger partial charge in [0.2, 0.25) is 0 Å². The Kier molecular flexibility index (Phi) is 4.88. The Morgan fingerprint density at radius 3 is 2.19 bits per heavy atom. The zero-order chi connectivity index (χ0) is 18.6. The van der Waals surface area contributed by atoms with E-state index >= 15 is 0 Å². The summed E-state index contributed by atoms with van der Waals surface area (Å²) in [7, 11) is 4.14. The van der Waals surface area contributed by atoms with Gasteiger partial charge in [-0.25, -0.2) is 0 Å². The molecule has 0 N–H and O–H groups in total. The average molecular weight is 352 g/mol. The molecule has 1 atom stereocenters. The van der Waals surface area contributed by atoms with E-state index < -0.39 is 0 Å². The molecule has 1 unspecified atom stereocenters. The minimum absolute atomic E-state index is 0.237. The first-order valence-corrected chi connectivity index (χ1v) is 9.37. The third-order valence-corrected chi connectivity index (χ3v) is 5.07. The van der Waals surface area contributed by atoms with Crippen molar-refractivity contribution in [1.29, 1.82) is 0 Å². The first-order chi connectivity index (χ1) is 13.2. The number of anilines is 1. The van der Waals surface area contributed by atoms with E-state index in [2.05, 4.69) is 110 Å². The Bertz CT molecular complexity index is 1020. The standard InChI is InChI=1S/C25H24N2/c1-27(2)22-15-12-19(13-16-22)18-23(20-8-4-3-5-9-20)25-17-14-21-10-6-7-11-24(21)26-25/h3-17,23H,18H2,1-2H3. The maximum absolute atomic E-state index is 4.99. The monoisotopic (exact) mass is 352 g/mol. The van der Waals surface area contributed by atoms with Crippen molar-refractivity contribution in [2.75, 3.05) is 19.0 Å².